The van der Waals surface area contributed by atoms with E-state index in [0.717, 1.165) is 0 Å². The van der Waals surface area contributed by atoms with E-state index in [0.29, 0.717) is 16.9 Å². The van der Waals surface area contributed by atoms with Crippen molar-refractivity contribution >= 4 is 17.8 Å². The topological polar surface area (TPSA) is 125 Å². The van der Waals surface area contributed by atoms with Gasteiger partial charge in [0.2, 0.25) is 12.2 Å². The molecule has 1 amide bonds. The first kappa shape index (κ1) is 22.6. The van der Waals surface area contributed by atoms with Crippen LogP contribution in [0.4, 0.5) is 0 Å². The lowest BCUT2D eigenvalue weighted by Gasteiger charge is -2.42. The number of rotatable bonds is 7. The number of aliphatic hydroxyl groups is 3. The number of carbonyl (C=O) groups excluding carboxylic acids is 2. The molecule has 4 N–H and O–H groups in total. The van der Waals surface area contributed by atoms with Crippen LogP contribution in [0.15, 0.2) is 60.7 Å². The number of amides is 1. The summed E-state index contributed by atoms with van der Waals surface area (Å²) in [5.74, 6) is -0.294. The van der Waals surface area contributed by atoms with Gasteiger partial charge in [-0.05, 0) is 18.2 Å². The molecule has 0 radical (unpaired) electrons. The third kappa shape index (κ3) is 5.56. The summed E-state index contributed by atoms with van der Waals surface area (Å²) in [5, 5.41) is 32.5. The van der Waals surface area contributed by atoms with Crippen LogP contribution in [0.1, 0.15) is 22.8 Å². The Bertz CT molecular complexity index is 931. The highest BCUT2D eigenvalue weighted by Gasteiger charge is 2.46. The number of ketones is 1. The van der Waals surface area contributed by atoms with Crippen molar-refractivity contribution in [2.24, 2.45) is 0 Å². The monoisotopic (exact) mass is 427 g/mol. The molecule has 164 valence electrons. The van der Waals surface area contributed by atoms with Crippen LogP contribution in [0.2, 0.25) is 0 Å². The highest BCUT2D eigenvalue weighted by atomic mass is 16.7. The number of benzene rings is 2. The first-order valence-corrected chi connectivity index (χ1v) is 9.83. The molecular weight excluding hydrogens is 402 g/mol. The van der Waals surface area contributed by atoms with Crippen LogP contribution in [0.5, 0.6) is 5.75 Å². The number of hydrogen-bond donors (Lipinski definition) is 4. The molecule has 1 heterocycles. The van der Waals surface area contributed by atoms with E-state index in [9.17, 15) is 24.9 Å². The molecule has 2 aromatic carbocycles. The molecule has 8 heteroatoms. The molecule has 1 saturated heterocycles. The van der Waals surface area contributed by atoms with Crippen molar-refractivity contribution in [3.05, 3.63) is 71.8 Å². The fraction of sp³-hybridized carbons (Fsp3) is 0.304. The van der Waals surface area contributed by atoms with Crippen molar-refractivity contribution in [3.63, 3.8) is 0 Å². The fourth-order valence-electron chi connectivity index (χ4n) is 3.29. The van der Waals surface area contributed by atoms with E-state index in [4.69, 9.17) is 9.47 Å². The van der Waals surface area contributed by atoms with Gasteiger partial charge in [-0.3, -0.25) is 9.59 Å². The number of aliphatic hydroxyl groups excluding tert-OH is 3. The minimum Gasteiger partial charge on any atom is -0.462 e. The van der Waals surface area contributed by atoms with Gasteiger partial charge in [0.05, 0.1) is 6.61 Å². The number of nitrogens with one attached hydrogen (secondary N) is 1. The Morgan fingerprint density at radius 2 is 1.74 bits per heavy atom. The van der Waals surface area contributed by atoms with Crippen molar-refractivity contribution in [3.8, 4) is 5.75 Å². The number of para-hydroxylation sites is 1. The van der Waals surface area contributed by atoms with Gasteiger partial charge in [-0.1, -0.05) is 48.5 Å². The standard InChI is InChI=1S/C23H25NO7/c1-14(26)24-20-22(29)21(28)19(13-25)31-23(20)30-18-10-6-5-9-16(18)11-12-17(27)15-7-3-2-4-8-15/h2-12,19-23,25,28-29H,13H2,1H3,(H,24,26). The summed E-state index contributed by atoms with van der Waals surface area (Å²) < 4.78 is 11.5. The number of hydrogen-bond acceptors (Lipinski definition) is 7. The first-order valence-electron chi connectivity index (χ1n) is 9.83. The SMILES string of the molecule is CC(=O)NC1C(Oc2ccccc2C=CC(=O)c2ccccc2)OC(CO)C(O)C1O. The zero-order chi connectivity index (χ0) is 22.4. The molecule has 31 heavy (non-hydrogen) atoms. The number of carbonyl (C=O) groups is 2. The normalized spacial score (nSPS) is 25.9. The Hall–Kier alpha value is -3.04. The zero-order valence-electron chi connectivity index (χ0n) is 16.9. The predicted octanol–water partition coefficient (Wildman–Crippen LogP) is 0.905. The van der Waals surface area contributed by atoms with Crippen molar-refractivity contribution in [2.75, 3.05) is 6.61 Å². The summed E-state index contributed by atoms with van der Waals surface area (Å²) in [6.07, 6.45) is -2.08. The Morgan fingerprint density at radius 3 is 2.42 bits per heavy atom. The van der Waals surface area contributed by atoms with E-state index in [1.807, 2.05) is 6.07 Å². The summed E-state index contributed by atoms with van der Waals surface area (Å²) in [6, 6.07) is 14.6. The molecular formula is C23H25NO7. The molecule has 1 aliphatic rings. The van der Waals surface area contributed by atoms with E-state index < -0.39 is 43.2 Å². The largest absolute Gasteiger partial charge is 0.462 e. The zero-order valence-corrected chi connectivity index (χ0v) is 16.9. The highest BCUT2D eigenvalue weighted by molar-refractivity contribution is 6.06. The van der Waals surface area contributed by atoms with E-state index in [-0.39, 0.29) is 5.78 Å². The Balaban J connectivity index is 1.83. The Labute approximate surface area is 179 Å². The van der Waals surface area contributed by atoms with Crippen molar-refractivity contribution < 1.29 is 34.4 Å². The molecule has 2 aromatic rings. The van der Waals surface area contributed by atoms with E-state index in [1.54, 1.807) is 54.6 Å². The second-order valence-electron chi connectivity index (χ2n) is 7.15. The summed E-state index contributed by atoms with van der Waals surface area (Å²) in [4.78, 5) is 23.9. The number of allylic oxidation sites excluding steroid dienone is 1. The van der Waals surface area contributed by atoms with Gasteiger partial charge in [0.1, 0.15) is 30.1 Å². The lowest BCUT2D eigenvalue weighted by Crippen LogP contribution is -2.65. The van der Waals surface area contributed by atoms with Gasteiger partial charge in [0, 0.05) is 18.1 Å². The molecule has 1 aliphatic heterocycles. The minimum absolute atomic E-state index is 0.181. The smallest absolute Gasteiger partial charge is 0.223 e. The van der Waals surface area contributed by atoms with Crippen LogP contribution in [0.25, 0.3) is 6.08 Å². The minimum atomic E-state index is -1.41. The van der Waals surface area contributed by atoms with Crippen LogP contribution < -0.4 is 10.1 Å². The molecule has 8 nitrogen and oxygen atoms in total. The third-order valence-electron chi connectivity index (χ3n) is 4.89. The quantitative estimate of drug-likeness (QED) is 0.382. The van der Waals surface area contributed by atoms with E-state index in [2.05, 4.69) is 5.32 Å². The molecule has 0 spiro atoms. The lowest BCUT2D eigenvalue weighted by atomic mass is 9.97. The molecule has 3 rings (SSSR count). The molecule has 0 saturated carbocycles. The van der Waals surface area contributed by atoms with E-state index >= 15 is 0 Å². The summed E-state index contributed by atoms with van der Waals surface area (Å²) in [6.45, 7) is 0.720. The van der Waals surface area contributed by atoms with Crippen molar-refractivity contribution in [2.45, 2.75) is 37.6 Å². The lowest BCUT2D eigenvalue weighted by molar-refractivity contribution is -0.244. The van der Waals surface area contributed by atoms with Gasteiger partial charge < -0.3 is 30.1 Å². The van der Waals surface area contributed by atoms with E-state index in [1.165, 1.54) is 13.0 Å². The van der Waals surface area contributed by atoms with Gasteiger partial charge in [-0.2, -0.15) is 0 Å². The summed E-state index contributed by atoms with van der Waals surface area (Å²) in [7, 11) is 0. The third-order valence-corrected chi connectivity index (χ3v) is 4.89. The molecule has 1 fully saturated rings. The van der Waals surface area contributed by atoms with Gasteiger partial charge in [-0.25, -0.2) is 0 Å². The molecule has 0 bridgehead atoms. The maximum absolute atomic E-state index is 12.4. The van der Waals surface area contributed by atoms with Crippen LogP contribution in [0.3, 0.4) is 0 Å². The summed E-state index contributed by atoms with van der Waals surface area (Å²) >= 11 is 0. The average Bonchev–Trinajstić information content (AvgIpc) is 2.78. The fourth-order valence-corrected chi connectivity index (χ4v) is 3.29. The van der Waals surface area contributed by atoms with Gasteiger partial charge >= 0.3 is 0 Å². The summed E-state index contributed by atoms with van der Waals surface area (Å²) in [5.41, 5.74) is 1.11. The van der Waals surface area contributed by atoms with Crippen LogP contribution in [0, 0.1) is 0 Å². The van der Waals surface area contributed by atoms with Crippen LogP contribution >= 0.6 is 0 Å². The molecule has 0 aliphatic carbocycles. The Kier molecular flexibility index (Phi) is 7.54. The van der Waals surface area contributed by atoms with Crippen LogP contribution in [-0.4, -0.2) is 64.3 Å². The average molecular weight is 427 g/mol. The second kappa shape index (κ2) is 10.3. The first-order chi connectivity index (χ1) is 14.9. The van der Waals surface area contributed by atoms with Gasteiger partial charge in [-0.15, -0.1) is 0 Å². The Morgan fingerprint density at radius 1 is 1.06 bits per heavy atom. The predicted molar refractivity (Wildman–Crippen MR) is 112 cm³/mol. The van der Waals surface area contributed by atoms with Crippen molar-refractivity contribution in [1.29, 1.82) is 0 Å². The highest BCUT2D eigenvalue weighted by Crippen LogP contribution is 2.27. The number of ether oxygens (including phenoxy) is 2. The second-order valence-corrected chi connectivity index (χ2v) is 7.15. The van der Waals surface area contributed by atoms with Crippen molar-refractivity contribution in [1.82, 2.24) is 5.32 Å². The molecule has 5 unspecified atom stereocenters. The van der Waals surface area contributed by atoms with Gasteiger partial charge in [0.25, 0.3) is 0 Å². The van der Waals surface area contributed by atoms with Crippen LogP contribution in [-0.2, 0) is 9.53 Å². The molecule has 5 atom stereocenters. The maximum Gasteiger partial charge on any atom is 0.223 e. The maximum atomic E-state index is 12.4. The van der Waals surface area contributed by atoms with Gasteiger partial charge in [0.15, 0.2) is 5.78 Å². The molecule has 0 aromatic heterocycles.